The number of aryl methyl sites for hydroxylation is 3. The second-order valence-corrected chi connectivity index (χ2v) is 6.05. The first-order valence-electron chi connectivity index (χ1n) is 7.94. The maximum atomic E-state index is 12.1. The van der Waals surface area contributed by atoms with Crippen LogP contribution in [0, 0.1) is 0 Å². The van der Waals surface area contributed by atoms with Gasteiger partial charge in [0.05, 0.1) is 12.8 Å². The molecule has 0 aliphatic heterocycles. The summed E-state index contributed by atoms with van der Waals surface area (Å²) in [6.07, 6.45) is 4.88. The van der Waals surface area contributed by atoms with Crippen molar-refractivity contribution in [2.24, 2.45) is 0 Å². The van der Waals surface area contributed by atoms with Crippen LogP contribution in [-0.2, 0) is 28.9 Å². The highest BCUT2D eigenvalue weighted by Crippen LogP contribution is 2.25. The molecule has 1 aromatic rings. The Morgan fingerprint density at radius 2 is 2.19 bits per heavy atom. The summed E-state index contributed by atoms with van der Waals surface area (Å²) in [5.41, 5.74) is 1.71. The van der Waals surface area contributed by atoms with Gasteiger partial charge in [-0.3, -0.25) is 14.8 Å². The number of nitrogens with one attached hydrogen (secondary N) is 1. The number of nitrogens with zero attached hydrogens (tertiary/aromatic N) is 2. The SMILES string of the molecule is CCc1cc(CC)n(CCC(C)(NC2CC2)C(=O)OC)n1. The van der Waals surface area contributed by atoms with Crippen molar-refractivity contribution in [2.75, 3.05) is 7.11 Å². The highest BCUT2D eigenvalue weighted by atomic mass is 16.5. The smallest absolute Gasteiger partial charge is 0.325 e. The van der Waals surface area contributed by atoms with Crippen molar-refractivity contribution in [1.29, 1.82) is 0 Å². The number of hydrogen-bond acceptors (Lipinski definition) is 4. The summed E-state index contributed by atoms with van der Waals surface area (Å²) in [5, 5.41) is 8.05. The molecule has 5 nitrogen and oxygen atoms in total. The van der Waals surface area contributed by atoms with Crippen molar-refractivity contribution >= 4 is 5.97 Å². The van der Waals surface area contributed by atoms with Gasteiger partial charge in [0.1, 0.15) is 5.54 Å². The number of carbonyl (C=O) groups excluding carboxylic acids is 1. The quantitative estimate of drug-likeness (QED) is 0.746. The zero-order chi connectivity index (χ0) is 15.5. The molecular weight excluding hydrogens is 266 g/mol. The molecule has 1 aromatic heterocycles. The molecule has 0 radical (unpaired) electrons. The van der Waals surface area contributed by atoms with Crippen molar-refractivity contribution in [3.63, 3.8) is 0 Å². The Labute approximate surface area is 127 Å². The molecule has 2 rings (SSSR count). The maximum Gasteiger partial charge on any atom is 0.325 e. The summed E-state index contributed by atoms with van der Waals surface area (Å²) in [7, 11) is 1.45. The van der Waals surface area contributed by atoms with E-state index in [2.05, 4.69) is 30.3 Å². The van der Waals surface area contributed by atoms with E-state index in [1.165, 1.54) is 12.8 Å². The summed E-state index contributed by atoms with van der Waals surface area (Å²) in [6, 6.07) is 2.62. The maximum absolute atomic E-state index is 12.1. The van der Waals surface area contributed by atoms with Gasteiger partial charge in [0.15, 0.2) is 0 Å². The number of ether oxygens (including phenoxy) is 1. The normalized spacial score (nSPS) is 17.5. The highest BCUT2D eigenvalue weighted by molar-refractivity contribution is 5.80. The minimum Gasteiger partial charge on any atom is -0.468 e. The van der Waals surface area contributed by atoms with Crippen LogP contribution >= 0.6 is 0 Å². The molecule has 1 saturated carbocycles. The van der Waals surface area contributed by atoms with Gasteiger partial charge in [-0.1, -0.05) is 13.8 Å². The Hall–Kier alpha value is -1.36. The topological polar surface area (TPSA) is 56.2 Å². The van der Waals surface area contributed by atoms with Crippen LogP contribution in [0.3, 0.4) is 0 Å². The Morgan fingerprint density at radius 3 is 2.71 bits per heavy atom. The van der Waals surface area contributed by atoms with Crippen molar-refractivity contribution in [1.82, 2.24) is 15.1 Å². The van der Waals surface area contributed by atoms with Gasteiger partial charge < -0.3 is 4.74 Å². The summed E-state index contributed by atoms with van der Waals surface area (Å²) in [6.45, 7) is 6.91. The van der Waals surface area contributed by atoms with Crippen LogP contribution in [0.5, 0.6) is 0 Å². The summed E-state index contributed by atoms with van der Waals surface area (Å²) >= 11 is 0. The van der Waals surface area contributed by atoms with Gasteiger partial charge in [0, 0.05) is 18.3 Å². The van der Waals surface area contributed by atoms with Crippen LogP contribution < -0.4 is 5.32 Å². The molecule has 1 atom stereocenters. The minimum absolute atomic E-state index is 0.185. The van der Waals surface area contributed by atoms with E-state index in [4.69, 9.17) is 4.74 Å². The number of esters is 1. The summed E-state index contributed by atoms with van der Waals surface area (Å²) in [5.74, 6) is -0.185. The number of methoxy groups -OCH3 is 1. The summed E-state index contributed by atoms with van der Waals surface area (Å²) < 4.78 is 7.02. The first kappa shape index (κ1) is 16.0. The van der Waals surface area contributed by atoms with Crippen molar-refractivity contribution in [3.05, 3.63) is 17.5 Å². The number of rotatable bonds is 8. The third-order valence-electron chi connectivity index (χ3n) is 4.20. The fourth-order valence-electron chi connectivity index (χ4n) is 2.63. The van der Waals surface area contributed by atoms with Crippen LogP contribution in [0.15, 0.2) is 6.07 Å². The zero-order valence-electron chi connectivity index (χ0n) is 13.6. The molecule has 1 N–H and O–H groups in total. The van der Waals surface area contributed by atoms with Crippen molar-refractivity contribution in [3.8, 4) is 0 Å². The Kier molecular flexibility index (Phi) is 5.04. The van der Waals surface area contributed by atoms with E-state index in [0.29, 0.717) is 12.5 Å². The van der Waals surface area contributed by atoms with Gasteiger partial charge in [0.25, 0.3) is 0 Å². The third-order valence-corrected chi connectivity index (χ3v) is 4.20. The Balaban J connectivity index is 2.06. The molecule has 0 saturated heterocycles. The third kappa shape index (κ3) is 3.84. The molecule has 0 amide bonds. The van der Waals surface area contributed by atoms with E-state index >= 15 is 0 Å². The van der Waals surface area contributed by atoms with E-state index in [9.17, 15) is 4.79 Å². The molecule has 0 aromatic carbocycles. The molecule has 1 heterocycles. The fraction of sp³-hybridized carbons (Fsp3) is 0.750. The number of carbonyl (C=O) groups is 1. The van der Waals surface area contributed by atoms with Crippen molar-refractivity contribution in [2.45, 2.75) is 71.0 Å². The molecule has 1 aliphatic carbocycles. The van der Waals surface area contributed by atoms with Crippen LogP contribution in [0.2, 0.25) is 0 Å². The largest absolute Gasteiger partial charge is 0.468 e. The molecule has 118 valence electrons. The second kappa shape index (κ2) is 6.60. The van der Waals surface area contributed by atoms with Gasteiger partial charge in [-0.2, -0.15) is 5.10 Å². The Bertz CT molecular complexity index is 494. The average Bonchev–Trinajstić information content (AvgIpc) is 3.20. The first-order valence-corrected chi connectivity index (χ1v) is 7.94. The molecular formula is C16H27N3O2. The van der Waals surface area contributed by atoms with E-state index in [0.717, 1.165) is 37.9 Å². The first-order chi connectivity index (χ1) is 10.0. The van der Waals surface area contributed by atoms with Gasteiger partial charge >= 0.3 is 5.97 Å². The molecule has 1 fully saturated rings. The molecule has 0 bridgehead atoms. The minimum atomic E-state index is -0.626. The van der Waals surface area contributed by atoms with E-state index in [1.54, 1.807) is 0 Å². The Morgan fingerprint density at radius 1 is 1.48 bits per heavy atom. The fourth-order valence-corrected chi connectivity index (χ4v) is 2.63. The number of hydrogen-bond donors (Lipinski definition) is 1. The predicted octanol–water partition coefficient (Wildman–Crippen LogP) is 2.08. The molecule has 21 heavy (non-hydrogen) atoms. The van der Waals surface area contributed by atoms with Crippen LogP contribution in [0.25, 0.3) is 0 Å². The lowest BCUT2D eigenvalue weighted by atomic mass is 9.97. The lowest BCUT2D eigenvalue weighted by Crippen LogP contribution is -2.51. The van der Waals surface area contributed by atoms with E-state index in [1.807, 2.05) is 11.6 Å². The molecule has 5 heteroatoms. The molecule has 1 aliphatic rings. The average molecular weight is 293 g/mol. The van der Waals surface area contributed by atoms with Gasteiger partial charge in [0.2, 0.25) is 0 Å². The van der Waals surface area contributed by atoms with Crippen molar-refractivity contribution < 1.29 is 9.53 Å². The highest BCUT2D eigenvalue weighted by Gasteiger charge is 2.39. The molecule has 0 spiro atoms. The van der Waals surface area contributed by atoms with Crippen LogP contribution in [0.1, 0.15) is 51.4 Å². The molecule has 1 unspecified atom stereocenters. The predicted molar refractivity (Wildman–Crippen MR) is 82.2 cm³/mol. The van der Waals surface area contributed by atoms with Gasteiger partial charge in [-0.15, -0.1) is 0 Å². The lowest BCUT2D eigenvalue weighted by Gasteiger charge is -2.28. The van der Waals surface area contributed by atoms with E-state index in [-0.39, 0.29) is 5.97 Å². The van der Waals surface area contributed by atoms with E-state index < -0.39 is 5.54 Å². The number of aromatic nitrogens is 2. The summed E-state index contributed by atoms with van der Waals surface area (Å²) in [4.78, 5) is 12.1. The second-order valence-electron chi connectivity index (χ2n) is 6.05. The zero-order valence-corrected chi connectivity index (χ0v) is 13.6. The monoisotopic (exact) mass is 293 g/mol. The standard InChI is InChI=1S/C16H27N3O2/c1-5-12-11-14(6-2)19(18-12)10-9-16(3,15(20)21-4)17-13-7-8-13/h11,13,17H,5-10H2,1-4H3. The van der Waals surface area contributed by atoms with Crippen LogP contribution in [-0.4, -0.2) is 34.4 Å². The van der Waals surface area contributed by atoms with Gasteiger partial charge in [-0.25, -0.2) is 0 Å². The lowest BCUT2D eigenvalue weighted by molar-refractivity contribution is -0.148. The van der Waals surface area contributed by atoms with Gasteiger partial charge in [-0.05, 0) is 45.1 Å². The van der Waals surface area contributed by atoms with Crippen LogP contribution in [0.4, 0.5) is 0 Å².